The van der Waals surface area contributed by atoms with E-state index in [1.807, 2.05) is 7.05 Å². The van der Waals surface area contributed by atoms with Crippen molar-refractivity contribution in [2.45, 2.75) is 46.1 Å². The van der Waals surface area contributed by atoms with E-state index in [2.05, 4.69) is 49.1 Å². The van der Waals surface area contributed by atoms with Gasteiger partial charge in [0.25, 0.3) is 0 Å². The van der Waals surface area contributed by atoms with Gasteiger partial charge < -0.3 is 20.1 Å². The average molecular weight is 336 g/mol. The molecule has 0 atom stereocenters. The second-order valence-corrected chi connectivity index (χ2v) is 6.60. The molecule has 1 aliphatic heterocycles. The first-order chi connectivity index (χ1) is 11.7. The molecule has 2 rings (SSSR count). The molecule has 1 aromatic rings. The second kappa shape index (κ2) is 10.3. The van der Waals surface area contributed by atoms with Crippen molar-refractivity contribution in [1.82, 2.24) is 30.3 Å². The fourth-order valence-electron chi connectivity index (χ4n) is 3.05. The number of guanidine groups is 1. The standard InChI is InChI=1S/C17H33N7/c1-4-16-22-21-14-24(16)13-9-20-17(18-3)19-8-5-10-23-11-6-15(2)7-12-23/h14-15H,4-13H2,1-3H3,(H2,18,19,20). The van der Waals surface area contributed by atoms with Crippen LogP contribution in [0.3, 0.4) is 0 Å². The van der Waals surface area contributed by atoms with Gasteiger partial charge in [0.15, 0.2) is 5.96 Å². The number of nitrogens with zero attached hydrogens (tertiary/aromatic N) is 5. The Morgan fingerprint density at radius 3 is 2.71 bits per heavy atom. The molecule has 0 radical (unpaired) electrons. The molecule has 0 aliphatic carbocycles. The van der Waals surface area contributed by atoms with Crippen LogP contribution in [-0.2, 0) is 13.0 Å². The number of aromatic nitrogens is 3. The summed E-state index contributed by atoms with van der Waals surface area (Å²) in [7, 11) is 1.82. The molecule has 0 amide bonds. The molecule has 2 N–H and O–H groups in total. The Bertz CT molecular complexity index is 489. The first-order valence-electron chi connectivity index (χ1n) is 9.26. The molecule has 1 fully saturated rings. The topological polar surface area (TPSA) is 70.4 Å². The molecule has 0 bridgehead atoms. The van der Waals surface area contributed by atoms with E-state index in [0.29, 0.717) is 0 Å². The normalized spacial score (nSPS) is 17.2. The van der Waals surface area contributed by atoms with Gasteiger partial charge in [0, 0.05) is 33.1 Å². The van der Waals surface area contributed by atoms with E-state index in [1.54, 1.807) is 6.33 Å². The lowest BCUT2D eigenvalue weighted by Gasteiger charge is -2.30. The summed E-state index contributed by atoms with van der Waals surface area (Å²) in [5.74, 6) is 2.80. The molecule has 0 aromatic carbocycles. The highest BCUT2D eigenvalue weighted by Crippen LogP contribution is 2.15. The van der Waals surface area contributed by atoms with Gasteiger partial charge in [0.2, 0.25) is 0 Å². The van der Waals surface area contributed by atoms with Crippen molar-refractivity contribution >= 4 is 5.96 Å². The largest absolute Gasteiger partial charge is 0.356 e. The number of hydrogen-bond acceptors (Lipinski definition) is 4. The van der Waals surface area contributed by atoms with Gasteiger partial charge in [-0.2, -0.15) is 0 Å². The van der Waals surface area contributed by atoms with E-state index in [4.69, 9.17) is 0 Å². The third kappa shape index (κ3) is 6.11. The monoisotopic (exact) mass is 335 g/mol. The average Bonchev–Trinajstić information content (AvgIpc) is 3.06. The van der Waals surface area contributed by atoms with Crippen molar-refractivity contribution in [2.24, 2.45) is 10.9 Å². The van der Waals surface area contributed by atoms with Crippen LogP contribution in [0.4, 0.5) is 0 Å². The highest BCUT2D eigenvalue weighted by molar-refractivity contribution is 5.79. The summed E-state index contributed by atoms with van der Waals surface area (Å²) in [4.78, 5) is 6.86. The quantitative estimate of drug-likeness (QED) is 0.423. The van der Waals surface area contributed by atoms with Crippen LogP contribution in [0.2, 0.25) is 0 Å². The summed E-state index contributed by atoms with van der Waals surface area (Å²) in [6.07, 6.45) is 6.54. The lowest BCUT2D eigenvalue weighted by Crippen LogP contribution is -2.40. The molecule has 1 aromatic heterocycles. The van der Waals surface area contributed by atoms with Gasteiger partial charge in [-0.1, -0.05) is 13.8 Å². The zero-order valence-electron chi connectivity index (χ0n) is 15.5. The predicted octanol–water partition coefficient (Wildman–Crippen LogP) is 1.13. The van der Waals surface area contributed by atoms with Crippen LogP contribution in [0.15, 0.2) is 11.3 Å². The number of piperidine rings is 1. The van der Waals surface area contributed by atoms with Gasteiger partial charge in [-0.25, -0.2) is 0 Å². The number of likely N-dealkylation sites (tertiary alicyclic amines) is 1. The minimum absolute atomic E-state index is 0.814. The first kappa shape index (κ1) is 18.7. The number of rotatable bonds is 8. The van der Waals surface area contributed by atoms with Crippen LogP contribution in [-0.4, -0.2) is 65.4 Å². The third-order valence-corrected chi connectivity index (χ3v) is 4.70. The van der Waals surface area contributed by atoms with Crippen LogP contribution in [0.1, 0.15) is 38.9 Å². The highest BCUT2D eigenvalue weighted by Gasteiger charge is 2.14. The number of aliphatic imine (C=N–C) groups is 1. The van der Waals surface area contributed by atoms with E-state index in [9.17, 15) is 0 Å². The maximum absolute atomic E-state index is 4.28. The molecule has 7 nitrogen and oxygen atoms in total. The second-order valence-electron chi connectivity index (χ2n) is 6.60. The summed E-state index contributed by atoms with van der Waals surface area (Å²) in [6.45, 7) is 10.8. The zero-order chi connectivity index (χ0) is 17.2. The van der Waals surface area contributed by atoms with Crippen LogP contribution >= 0.6 is 0 Å². The summed E-state index contributed by atoms with van der Waals surface area (Å²) >= 11 is 0. The Morgan fingerprint density at radius 2 is 2.00 bits per heavy atom. The van der Waals surface area contributed by atoms with E-state index >= 15 is 0 Å². The fourth-order valence-corrected chi connectivity index (χ4v) is 3.05. The minimum atomic E-state index is 0.814. The van der Waals surface area contributed by atoms with Gasteiger partial charge in [0.05, 0.1) is 0 Å². The molecular weight excluding hydrogens is 302 g/mol. The van der Waals surface area contributed by atoms with Crippen molar-refractivity contribution in [2.75, 3.05) is 39.8 Å². The summed E-state index contributed by atoms with van der Waals surface area (Å²) < 4.78 is 2.08. The van der Waals surface area contributed by atoms with Gasteiger partial charge in [-0.15, -0.1) is 10.2 Å². The minimum Gasteiger partial charge on any atom is -0.356 e. The van der Waals surface area contributed by atoms with Crippen LogP contribution in [0.5, 0.6) is 0 Å². The molecule has 24 heavy (non-hydrogen) atoms. The van der Waals surface area contributed by atoms with Crippen molar-refractivity contribution < 1.29 is 0 Å². The third-order valence-electron chi connectivity index (χ3n) is 4.70. The first-order valence-corrected chi connectivity index (χ1v) is 9.26. The molecule has 1 aliphatic rings. The maximum atomic E-state index is 4.28. The van der Waals surface area contributed by atoms with Crippen molar-refractivity contribution in [1.29, 1.82) is 0 Å². The molecule has 136 valence electrons. The summed E-state index contributed by atoms with van der Waals surface area (Å²) in [5.41, 5.74) is 0. The summed E-state index contributed by atoms with van der Waals surface area (Å²) in [6, 6.07) is 0. The Kier molecular flexibility index (Phi) is 8.01. The molecular formula is C17H33N7. The van der Waals surface area contributed by atoms with Gasteiger partial charge in [-0.3, -0.25) is 4.99 Å². The molecule has 2 heterocycles. The van der Waals surface area contributed by atoms with Crippen LogP contribution in [0, 0.1) is 5.92 Å². The smallest absolute Gasteiger partial charge is 0.191 e. The van der Waals surface area contributed by atoms with E-state index in [0.717, 1.165) is 50.2 Å². The molecule has 7 heteroatoms. The zero-order valence-corrected chi connectivity index (χ0v) is 15.5. The van der Waals surface area contributed by atoms with Crippen molar-refractivity contribution in [3.05, 3.63) is 12.2 Å². The summed E-state index contributed by atoms with van der Waals surface area (Å²) in [5, 5.41) is 14.8. The van der Waals surface area contributed by atoms with Crippen LogP contribution < -0.4 is 10.6 Å². The lowest BCUT2D eigenvalue weighted by atomic mass is 9.99. The Hall–Kier alpha value is -1.63. The van der Waals surface area contributed by atoms with E-state index < -0.39 is 0 Å². The van der Waals surface area contributed by atoms with Gasteiger partial charge in [-0.05, 0) is 44.8 Å². The predicted molar refractivity (Wildman–Crippen MR) is 98.2 cm³/mol. The molecule has 0 unspecified atom stereocenters. The number of aryl methyl sites for hydroxylation is 1. The molecule has 1 saturated heterocycles. The fraction of sp³-hybridized carbons (Fsp3) is 0.824. The van der Waals surface area contributed by atoms with Crippen molar-refractivity contribution in [3.63, 3.8) is 0 Å². The van der Waals surface area contributed by atoms with E-state index in [1.165, 1.54) is 32.5 Å². The highest BCUT2D eigenvalue weighted by atomic mass is 15.3. The maximum Gasteiger partial charge on any atom is 0.191 e. The number of nitrogens with one attached hydrogen (secondary N) is 2. The Balaban J connectivity index is 1.57. The molecule has 0 saturated carbocycles. The Labute approximate surface area is 145 Å². The van der Waals surface area contributed by atoms with E-state index in [-0.39, 0.29) is 0 Å². The van der Waals surface area contributed by atoms with Gasteiger partial charge >= 0.3 is 0 Å². The van der Waals surface area contributed by atoms with Crippen LogP contribution in [0.25, 0.3) is 0 Å². The van der Waals surface area contributed by atoms with Crippen molar-refractivity contribution in [3.8, 4) is 0 Å². The number of hydrogen-bond donors (Lipinski definition) is 2. The Morgan fingerprint density at radius 1 is 1.25 bits per heavy atom. The van der Waals surface area contributed by atoms with Gasteiger partial charge in [0.1, 0.15) is 12.2 Å². The lowest BCUT2D eigenvalue weighted by molar-refractivity contribution is 0.191. The SMILES string of the molecule is CCc1nncn1CCNC(=NC)NCCCN1CCC(C)CC1. The molecule has 0 spiro atoms.